The molecule has 16 heavy (non-hydrogen) atoms. The average Bonchev–Trinajstić information content (AvgIpc) is 2.46. The number of Topliss-reactive ketones (excluding diaryl/α,β-unsaturated/α-hetero) is 1. The lowest BCUT2D eigenvalue weighted by atomic mass is 9.95. The number of ether oxygens (including phenoxy) is 2. The van der Waals surface area contributed by atoms with Gasteiger partial charge in [0.2, 0.25) is 0 Å². The van der Waals surface area contributed by atoms with Crippen LogP contribution >= 0.6 is 0 Å². The van der Waals surface area contributed by atoms with Crippen molar-refractivity contribution in [3.8, 4) is 0 Å². The van der Waals surface area contributed by atoms with E-state index in [0.29, 0.717) is 6.42 Å². The lowest BCUT2D eigenvalue weighted by molar-refractivity contribution is -0.163. The lowest BCUT2D eigenvalue weighted by Crippen LogP contribution is -2.37. The molecule has 0 spiro atoms. The summed E-state index contributed by atoms with van der Waals surface area (Å²) in [6.07, 6.45) is 0.225. The fraction of sp³-hybridized carbons (Fsp3) is 0.818. The minimum Gasteiger partial charge on any atom is -0.481 e. The molecule has 92 valence electrons. The van der Waals surface area contributed by atoms with Crippen LogP contribution in [0.15, 0.2) is 0 Å². The van der Waals surface area contributed by atoms with Crippen molar-refractivity contribution in [1.82, 2.24) is 0 Å². The number of aliphatic carboxylic acids is 1. The minimum absolute atomic E-state index is 0.152. The summed E-state index contributed by atoms with van der Waals surface area (Å²) >= 11 is 0. The van der Waals surface area contributed by atoms with Crippen LogP contribution in [0, 0.1) is 5.92 Å². The summed E-state index contributed by atoms with van der Waals surface area (Å²) in [5.74, 6) is -3.34. The van der Waals surface area contributed by atoms with Crippen LogP contribution in [0.2, 0.25) is 0 Å². The number of carbonyl (C=O) groups excluding carboxylic acids is 1. The molecule has 0 aromatic carbocycles. The van der Waals surface area contributed by atoms with Crippen molar-refractivity contribution in [2.45, 2.75) is 45.5 Å². The lowest BCUT2D eigenvalue weighted by Gasteiger charge is -2.20. The molecule has 1 fully saturated rings. The van der Waals surface area contributed by atoms with E-state index >= 15 is 0 Å². The zero-order valence-electron chi connectivity index (χ0n) is 9.86. The molecule has 0 radical (unpaired) electrons. The van der Waals surface area contributed by atoms with Crippen LogP contribution in [0.3, 0.4) is 0 Å². The molecule has 2 unspecified atom stereocenters. The van der Waals surface area contributed by atoms with E-state index in [0.717, 1.165) is 0 Å². The molecule has 1 rings (SSSR count). The molecular formula is C11H18O5. The second-order valence-electron chi connectivity index (χ2n) is 4.40. The van der Waals surface area contributed by atoms with E-state index in [1.807, 2.05) is 6.92 Å². The SMILES string of the molecule is CCCC(=O)C(C(=O)O)C1COC(C)(C)O1. The fourth-order valence-electron chi connectivity index (χ4n) is 1.79. The standard InChI is InChI=1S/C11H18O5/c1-4-5-7(12)9(10(13)14)8-6-15-11(2,3)16-8/h8-9H,4-6H2,1-3H3,(H,13,14). The van der Waals surface area contributed by atoms with Crippen LogP contribution in [0.1, 0.15) is 33.6 Å². The molecule has 0 bridgehead atoms. The van der Waals surface area contributed by atoms with Gasteiger partial charge in [-0.05, 0) is 20.3 Å². The highest BCUT2D eigenvalue weighted by Gasteiger charge is 2.43. The van der Waals surface area contributed by atoms with E-state index < -0.39 is 23.8 Å². The molecule has 0 aromatic heterocycles. The maximum Gasteiger partial charge on any atom is 0.316 e. The smallest absolute Gasteiger partial charge is 0.316 e. The summed E-state index contributed by atoms with van der Waals surface area (Å²) in [5.41, 5.74) is 0. The molecular weight excluding hydrogens is 212 g/mol. The van der Waals surface area contributed by atoms with Gasteiger partial charge in [0.15, 0.2) is 5.79 Å². The molecule has 0 aliphatic carbocycles. The van der Waals surface area contributed by atoms with Crippen LogP contribution in [-0.4, -0.2) is 35.4 Å². The van der Waals surface area contributed by atoms with Gasteiger partial charge in [0.1, 0.15) is 17.8 Å². The highest BCUT2D eigenvalue weighted by Crippen LogP contribution is 2.28. The molecule has 5 heteroatoms. The zero-order chi connectivity index (χ0) is 12.3. The molecule has 0 saturated carbocycles. The van der Waals surface area contributed by atoms with Gasteiger partial charge in [-0.25, -0.2) is 0 Å². The van der Waals surface area contributed by atoms with Gasteiger partial charge in [-0.15, -0.1) is 0 Å². The number of rotatable bonds is 5. The van der Waals surface area contributed by atoms with Gasteiger partial charge in [0, 0.05) is 6.42 Å². The Morgan fingerprint density at radius 2 is 2.12 bits per heavy atom. The van der Waals surface area contributed by atoms with Crippen LogP contribution in [0.4, 0.5) is 0 Å². The largest absolute Gasteiger partial charge is 0.481 e. The number of hydrogen-bond acceptors (Lipinski definition) is 4. The second kappa shape index (κ2) is 4.93. The molecule has 1 N–H and O–H groups in total. The molecule has 1 heterocycles. The van der Waals surface area contributed by atoms with Crippen LogP contribution in [0.5, 0.6) is 0 Å². The monoisotopic (exact) mass is 230 g/mol. The van der Waals surface area contributed by atoms with Gasteiger partial charge < -0.3 is 14.6 Å². The predicted octanol–water partition coefficient (Wildman–Crippen LogP) is 1.21. The normalized spacial score (nSPS) is 25.3. The summed E-state index contributed by atoms with van der Waals surface area (Å²) in [6, 6.07) is 0. The van der Waals surface area contributed by atoms with Crippen molar-refractivity contribution < 1.29 is 24.2 Å². The highest BCUT2D eigenvalue weighted by molar-refractivity contribution is 5.98. The first-order valence-corrected chi connectivity index (χ1v) is 5.44. The van der Waals surface area contributed by atoms with Gasteiger partial charge in [-0.3, -0.25) is 9.59 Å². The summed E-state index contributed by atoms with van der Waals surface area (Å²) in [5, 5.41) is 9.04. The van der Waals surface area contributed by atoms with E-state index in [4.69, 9.17) is 14.6 Å². The van der Waals surface area contributed by atoms with Crippen molar-refractivity contribution in [1.29, 1.82) is 0 Å². The maximum absolute atomic E-state index is 11.7. The highest BCUT2D eigenvalue weighted by atomic mass is 16.7. The van der Waals surface area contributed by atoms with Gasteiger partial charge in [0.25, 0.3) is 0 Å². The number of ketones is 1. The third kappa shape index (κ3) is 3.02. The van der Waals surface area contributed by atoms with E-state index in [-0.39, 0.29) is 18.8 Å². The first kappa shape index (κ1) is 13.1. The van der Waals surface area contributed by atoms with E-state index in [9.17, 15) is 9.59 Å². The predicted molar refractivity (Wildman–Crippen MR) is 55.9 cm³/mol. The Labute approximate surface area is 94.7 Å². The summed E-state index contributed by atoms with van der Waals surface area (Å²) < 4.78 is 10.7. The quantitative estimate of drug-likeness (QED) is 0.718. The Bertz CT molecular complexity index is 284. The molecule has 1 saturated heterocycles. The van der Waals surface area contributed by atoms with Crippen molar-refractivity contribution in [2.75, 3.05) is 6.61 Å². The van der Waals surface area contributed by atoms with Crippen molar-refractivity contribution in [2.24, 2.45) is 5.92 Å². The van der Waals surface area contributed by atoms with E-state index in [1.54, 1.807) is 13.8 Å². The number of carbonyl (C=O) groups is 2. The Balaban J connectivity index is 2.72. The third-order valence-corrected chi connectivity index (χ3v) is 2.51. The van der Waals surface area contributed by atoms with Crippen LogP contribution in [0.25, 0.3) is 0 Å². The van der Waals surface area contributed by atoms with Crippen LogP contribution < -0.4 is 0 Å². The zero-order valence-corrected chi connectivity index (χ0v) is 9.86. The molecule has 0 amide bonds. The Kier molecular flexibility index (Phi) is 4.04. The summed E-state index contributed by atoms with van der Waals surface area (Å²) in [6.45, 7) is 5.40. The fourth-order valence-corrected chi connectivity index (χ4v) is 1.79. The maximum atomic E-state index is 11.7. The Hall–Kier alpha value is -0.940. The minimum atomic E-state index is -1.13. The number of hydrogen-bond donors (Lipinski definition) is 1. The molecule has 0 aromatic rings. The first-order valence-electron chi connectivity index (χ1n) is 5.44. The third-order valence-electron chi connectivity index (χ3n) is 2.51. The molecule has 5 nitrogen and oxygen atoms in total. The average molecular weight is 230 g/mol. The Morgan fingerprint density at radius 3 is 2.50 bits per heavy atom. The van der Waals surface area contributed by atoms with Gasteiger partial charge in [0.05, 0.1) is 6.61 Å². The molecule has 1 aliphatic heterocycles. The summed E-state index contributed by atoms with van der Waals surface area (Å²) in [7, 11) is 0. The van der Waals surface area contributed by atoms with E-state index in [2.05, 4.69) is 0 Å². The molecule has 1 aliphatic rings. The second-order valence-corrected chi connectivity index (χ2v) is 4.40. The first-order chi connectivity index (χ1) is 7.37. The van der Waals surface area contributed by atoms with Crippen molar-refractivity contribution >= 4 is 11.8 Å². The van der Waals surface area contributed by atoms with Crippen molar-refractivity contribution in [3.63, 3.8) is 0 Å². The van der Waals surface area contributed by atoms with Crippen molar-refractivity contribution in [3.05, 3.63) is 0 Å². The van der Waals surface area contributed by atoms with Gasteiger partial charge in [-0.1, -0.05) is 6.92 Å². The van der Waals surface area contributed by atoms with Gasteiger partial charge >= 0.3 is 5.97 Å². The van der Waals surface area contributed by atoms with Gasteiger partial charge in [-0.2, -0.15) is 0 Å². The topological polar surface area (TPSA) is 72.8 Å². The van der Waals surface area contributed by atoms with E-state index in [1.165, 1.54) is 0 Å². The molecule has 2 atom stereocenters. The number of carboxylic acids is 1. The number of carboxylic acid groups (broad SMARTS) is 1. The van der Waals surface area contributed by atoms with Crippen LogP contribution in [-0.2, 0) is 19.1 Å². The summed E-state index contributed by atoms with van der Waals surface area (Å²) in [4.78, 5) is 22.7. The Morgan fingerprint density at radius 1 is 1.50 bits per heavy atom.